The summed E-state index contributed by atoms with van der Waals surface area (Å²) < 4.78 is 13.2. The van der Waals surface area contributed by atoms with E-state index in [1.807, 2.05) is 54.6 Å². The number of carbonyl (C=O) groups is 1. The molecule has 26 heavy (non-hydrogen) atoms. The van der Waals surface area contributed by atoms with E-state index in [1.54, 1.807) is 18.3 Å². The summed E-state index contributed by atoms with van der Waals surface area (Å²) in [6.07, 6.45) is 1.75. The fourth-order valence-corrected chi connectivity index (χ4v) is 3.09. The number of hydrogen-bond donors (Lipinski definition) is 2. The summed E-state index contributed by atoms with van der Waals surface area (Å²) in [4.78, 5) is 16.5. The third-order valence-corrected chi connectivity index (χ3v) is 4.41. The van der Waals surface area contributed by atoms with Gasteiger partial charge in [0, 0.05) is 28.4 Å². The fraction of sp³-hybridized carbons (Fsp3) is 0.0455. The average molecular weight is 344 g/mol. The minimum absolute atomic E-state index is 0.0435. The largest absolute Gasteiger partial charge is 0.371 e. The molecule has 0 aliphatic carbocycles. The molecular formula is C22H17FN2O. The van der Waals surface area contributed by atoms with Gasteiger partial charge >= 0.3 is 0 Å². The van der Waals surface area contributed by atoms with Crippen LogP contribution in [-0.4, -0.2) is 10.8 Å². The predicted molar refractivity (Wildman–Crippen MR) is 102 cm³/mol. The van der Waals surface area contributed by atoms with Crippen molar-refractivity contribution in [2.24, 2.45) is 0 Å². The van der Waals surface area contributed by atoms with Crippen LogP contribution in [0, 0.1) is 5.82 Å². The van der Waals surface area contributed by atoms with Crippen LogP contribution < -0.4 is 5.32 Å². The number of para-hydroxylation sites is 1. The third kappa shape index (κ3) is 3.09. The maximum Gasteiger partial charge on any atom is 0.191 e. The molecule has 0 spiro atoms. The van der Waals surface area contributed by atoms with Crippen molar-refractivity contribution in [2.75, 3.05) is 5.32 Å². The zero-order chi connectivity index (χ0) is 17.9. The number of benzene rings is 3. The number of nitrogens with one attached hydrogen (secondary N) is 2. The number of hydrogen-bond acceptors (Lipinski definition) is 2. The lowest BCUT2D eigenvalue weighted by Crippen LogP contribution is -2.21. The van der Waals surface area contributed by atoms with E-state index in [4.69, 9.17) is 0 Å². The molecule has 0 saturated heterocycles. The Kier molecular flexibility index (Phi) is 4.23. The van der Waals surface area contributed by atoms with Gasteiger partial charge in [0.1, 0.15) is 11.9 Å². The summed E-state index contributed by atoms with van der Waals surface area (Å²) in [6.45, 7) is 0. The lowest BCUT2D eigenvalue weighted by molar-refractivity contribution is 0.0971. The van der Waals surface area contributed by atoms with Crippen molar-refractivity contribution in [3.05, 3.63) is 102 Å². The first-order valence-corrected chi connectivity index (χ1v) is 8.40. The number of halogens is 1. The Morgan fingerprint density at radius 1 is 0.885 bits per heavy atom. The maximum absolute atomic E-state index is 13.3. The molecular weight excluding hydrogens is 327 g/mol. The summed E-state index contributed by atoms with van der Waals surface area (Å²) >= 11 is 0. The number of ketones is 1. The Hall–Kier alpha value is -3.40. The number of H-pyrrole nitrogens is 1. The van der Waals surface area contributed by atoms with Crippen LogP contribution in [0.3, 0.4) is 0 Å². The van der Waals surface area contributed by atoms with Gasteiger partial charge in [-0.2, -0.15) is 0 Å². The smallest absolute Gasteiger partial charge is 0.191 e. The van der Waals surface area contributed by atoms with Crippen molar-refractivity contribution in [2.45, 2.75) is 6.04 Å². The first-order chi connectivity index (χ1) is 12.7. The lowest BCUT2D eigenvalue weighted by Gasteiger charge is -2.19. The molecule has 0 fully saturated rings. The molecule has 0 aliphatic rings. The molecule has 128 valence electrons. The van der Waals surface area contributed by atoms with Gasteiger partial charge in [-0.15, -0.1) is 0 Å². The Labute approximate surface area is 150 Å². The summed E-state index contributed by atoms with van der Waals surface area (Å²) in [6, 6.07) is 22.7. The van der Waals surface area contributed by atoms with E-state index >= 15 is 0 Å². The summed E-state index contributed by atoms with van der Waals surface area (Å²) in [7, 11) is 0. The molecule has 3 nitrogen and oxygen atoms in total. The van der Waals surface area contributed by atoms with Crippen LogP contribution in [0.1, 0.15) is 22.0 Å². The van der Waals surface area contributed by atoms with Crippen LogP contribution in [0.4, 0.5) is 10.1 Å². The van der Waals surface area contributed by atoms with E-state index < -0.39 is 6.04 Å². The van der Waals surface area contributed by atoms with E-state index in [1.165, 1.54) is 12.1 Å². The van der Waals surface area contributed by atoms with Crippen LogP contribution in [0.15, 0.2) is 85.1 Å². The number of carbonyl (C=O) groups excluding carboxylic acids is 1. The highest BCUT2D eigenvalue weighted by Gasteiger charge is 2.24. The molecule has 0 amide bonds. The van der Waals surface area contributed by atoms with Gasteiger partial charge in [-0.05, 0) is 35.9 Å². The van der Waals surface area contributed by atoms with Crippen molar-refractivity contribution in [1.29, 1.82) is 0 Å². The van der Waals surface area contributed by atoms with E-state index in [9.17, 15) is 9.18 Å². The van der Waals surface area contributed by atoms with Gasteiger partial charge < -0.3 is 10.3 Å². The van der Waals surface area contributed by atoms with E-state index in [-0.39, 0.29) is 11.6 Å². The Balaban J connectivity index is 1.74. The second-order valence-corrected chi connectivity index (χ2v) is 6.11. The number of aromatic amines is 1. The molecule has 0 radical (unpaired) electrons. The molecule has 1 aromatic heterocycles. The second-order valence-electron chi connectivity index (χ2n) is 6.11. The van der Waals surface area contributed by atoms with Crippen molar-refractivity contribution in [3.63, 3.8) is 0 Å². The first-order valence-electron chi connectivity index (χ1n) is 8.40. The molecule has 2 N–H and O–H groups in total. The van der Waals surface area contributed by atoms with Crippen LogP contribution >= 0.6 is 0 Å². The van der Waals surface area contributed by atoms with E-state index in [2.05, 4.69) is 10.3 Å². The lowest BCUT2D eigenvalue weighted by atomic mass is 9.96. The standard InChI is InChI=1S/C22H17FN2O/c23-16-10-12-17(13-11-16)25-21(15-6-2-1-3-7-15)22(26)19-14-24-20-9-5-4-8-18(19)20/h1-14,21,24-25H. The Morgan fingerprint density at radius 3 is 2.35 bits per heavy atom. The molecule has 0 saturated carbocycles. The number of rotatable bonds is 5. The highest BCUT2D eigenvalue weighted by atomic mass is 19.1. The number of anilines is 1. The van der Waals surface area contributed by atoms with E-state index in [0.29, 0.717) is 11.3 Å². The zero-order valence-corrected chi connectivity index (χ0v) is 13.9. The minimum atomic E-state index is -0.569. The molecule has 1 atom stereocenters. The molecule has 4 heteroatoms. The van der Waals surface area contributed by atoms with Gasteiger partial charge in [-0.1, -0.05) is 48.5 Å². The van der Waals surface area contributed by atoms with Crippen LogP contribution in [-0.2, 0) is 0 Å². The molecule has 0 aliphatic heterocycles. The number of Topliss-reactive ketones (excluding diaryl/α,β-unsaturated/α-hetero) is 1. The second kappa shape index (κ2) is 6.84. The van der Waals surface area contributed by atoms with Crippen molar-refractivity contribution < 1.29 is 9.18 Å². The van der Waals surface area contributed by atoms with Crippen LogP contribution in [0.25, 0.3) is 10.9 Å². The summed E-state index contributed by atoms with van der Waals surface area (Å²) in [5.41, 5.74) is 3.09. The Morgan fingerprint density at radius 2 is 1.58 bits per heavy atom. The van der Waals surface area contributed by atoms with Crippen molar-refractivity contribution >= 4 is 22.4 Å². The van der Waals surface area contributed by atoms with Gasteiger partial charge in [0.05, 0.1) is 0 Å². The molecule has 4 rings (SSSR count). The molecule has 4 aromatic rings. The molecule has 3 aromatic carbocycles. The van der Waals surface area contributed by atoms with Gasteiger partial charge in [-0.25, -0.2) is 4.39 Å². The summed E-state index contributed by atoms with van der Waals surface area (Å²) in [5.74, 6) is -0.354. The van der Waals surface area contributed by atoms with E-state index in [0.717, 1.165) is 16.5 Å². The van der Waals surface area contributed by atoms with Crippen molar-refractivity contribution in [1.82, 2.24) is 4.98 Å². The highest BCUT2D eigenvalue weighted by Crippen LogP contribution is 2.27. The monoisotopic (exact) mass is 344 g/mol. The van der Waals surface area contributed by atoms with Crippen LogP contribution in [0.5, 0.6) is 0 Å². The van der Waals surface area contributed by atoms with Gasteiger partial charge in [-0.3, -0.25) is 4.79 Å². The fourth-order valence-electron chi connectivity index (χ4n) is 3.09. The zero-order valence-electron chi connectivity index (χ0n) is 13.9. The summed E-state index contributed by atoms with van der Waals surface area (Å²) in [5, 5.41) is 4.13. The number of aromatic nitrogens is 1. The average Bonchev–Trinajstić information content (AvgIpc) is 3.12. The SMILES string of the molecule is O=C(c1c[nH]c2ccccc12)C(Nc1ccc(F)cc1)c1ccccc1. The van der Waals surface area contributed by atoms with Crippen molar-refractivity contribution in [3.8, 4) is 0 Å². The maximum atomic E-state index is 13.3. The predicted octanol–water partition coefficient (Wildman–Crippen LogP) is 5.34. The Bertz CT molecular complexity index is 1040. The topological polar surface area (TPSA) is 44.9 Å². The quantitative estimate of drug-likeness (QED) is 0.480. The molecule has 0 bridgehead atoms. The molecule has 1 unspecified atom stereocenters. The number of fused-ring (bicyclic) bond motifs is 1. The first kappa shape index (κ1) is 16.1. The normalized spacial score (nSPS) is 12.0. The highest BCUT2D eigenvalue weighted by molar-refractivity contribution is 6.11. The van der Waals surface area contributed by atoms with Crippen LogP contribution in [0.2, 0.25) is 0 Å². The van der Waals surface area contributed by atoms with Gasteiger partial charge in [0.25, 0.3) is 0 Å². The minimum Gasteiger partial charge on any atom is -0.371 e. The van der Waals surface area contributed by atoms with Gasteiger partial charge in [0.15, 0.2) is 5.78 Å². The third-order valence-electron chi connectivity index (χ3n) is 4.41. The van der Waals surface area contributed by atoms with Gasteiger partial charge in [0.2, 0.25) is 0 Å². The molecule has 1 heterocycles.